The van der Waals surface area contributed by atoms with E-state index in [2.05, 4.69) is 11.6 Å². The molecular formula is C24H37ClN2O9. The van der Waals surface area contributed by atoms with Crippen molar-refractivity contribution in [1.29, 1.82) is 0 Å². The summed E-state index contributed by atoms with van der Waals surface area (Å²) in [6.45, 7) is 6.54. The van der Waals surface area contributed by atoms with Crippen LogP contribution in [0.4, 0.5) is 0 Å². The van der Waals surface area contributed by atoms with Crippen LogP contribution >= 0.6 is 11.6 Å². The van der Waals surface area contributed by atoms with E-state index < -0.39 is 23.0 Å². The van der Waals surface area contributed by atoms with Gasteiger partial charge < -0.3 is 19.7 Å². The number of carbonyl (C=O) groups is 5. The normalized spacial score (nSPS) is 28.7. The van der Waals surface area contributed by atoms with Crippen molar-refractivity contribution in [3.05, 3.63) is 0 Å². The summed E-state index contributed by atoms with van der Waals surface area (Å²) in [6, 6.07) is 0. The Morgan fingerprint density at radius 1 is 0.778 bits per heavy atom. The lowest BCUT2D eigenvalue weighted by atomic mass is 9.74. The van der Waals surface area contributed by atoms with Crippen LogP contribution in [0, 0.1) is 11.8 Å². The lowest BCUT2D eigenvalue weighted by molar-refractivity contribution is -0.171. The third-order valence-electron chi connectivity index (χ3n) is 7.41. The van der Waals surface area contributed by atoms with Crippen LogP contribution < -0.4 is 0 Å². The van der Waals surface area contributed by atoms with Crippen LogP contribution in [0.25, 0.3) is 0 Å². The van der Waals surface area contributed by atoms with Crippen molar-refractivity contribution in [2.24, 2.45) is 11.8 Å². The monoisotopic (exact) mass is 532 g/mol. The summed E-state index contributed by atoms with van der Waals surface area (Å²) in [7, 11) is 0. The van der Waals surface area contributed by atoms with E-state index in [1.807, 2.05) is 9.80 Å². The van der Waals surface area contributed by atoms with Gasteiger partial charge in [0, 0.05) is 45.7 Å². The summed E-state index contributed by atoms with van der Waals surface area (Å²) in [4.78, 5) is 59.5. The second-order valence-corrected chi connectivity index (χ2v) is 10.2. The Labute approximate surface area is 216 Å². The molecule has 6 rings (SSSR count). The Morgan fingerprint density at radius 3 is 1.31 bits per heavy atom. The zero-order valence-corrected chi connectivity index (χ0v) is 21.9. The predicted molar refractivity (Wildman–Crippen MR) is 128 cm³/mol. The number of nitrogens with zero attached hydrogens (tertiary/aromatic N) is 2. The molecule has 6 aliphatic rings. The summed E-state index contributed by atoms with van der Waals surface area (Å²) < 4.78 is 10.1. The first-order chi connectivity index (χ1) is 16.9. The Hall–Kier alpha value is -1.92. The van der Waals surface area contributed by atoms with Gasteiger partial charge in [-0.05, 0) is 50.4 Å². The molecule has 11 nitrogen and oxygen atoms in total. The average Bonchev–Trinajstić information content (AvgIpc) is 2.85. The number of piperidine rings is 6. The largest absolute Gasteiger partial charge is 0.463 e. The van der Waals surface area contributed by atoms with Gasteiger partial charge in [0.05, 0.1) is 13.2 Å². The zero-order valence-electron chi connectivity index (χ0n) is 21.2. The minimum atomic E-state index is -0.974. The number of aliphatic hydroxyl groups is 2. The van der Waals surface area contributed by atoms with Crippen LogP contribution in [0.1, 0.15) is 46.5 Å². The Kier molecular flexibility index (Phi) is 11.0. The molecule has 0 saturated carbocycles. The second-order valence-electron chi connectivity index (χ2n) is 9.66. The number of halogens is 1. The van der Waals surface area contributed by atoms with Gasteiger partial charge in [-0.25, -0.2) is 0 Å². The van der Waals surface area contributed by atoms with E-state index in [9.17, 15) is 34.2 Å². The smallest absolute Gasteiger partial charge is 0.302 e. The molecule has 12 heteroatoms. The van der Waals surface area contributed by atoms with E-state index in [1.54, 1.807) is 0 Å². The van der Waals surface area contributed by atoms with Gasteiger partial charge in [0.1, 0.15) is 24.3 Å². The van der Waals surface area contributed by atoms with Crippen molar-refractivity contribution >= 4 is 40.3 Å². The maximum absolute atomic E-state index is 12.5. The van der Waals surface area contributed by atoms with E-state index in [0.29, 0.717) is 0 Å². The summed E-state index contributed by atoms with van der Waals surface area (Å²) in [5.41, 5.74) is -1.93. The van der Waals surface area contributed by atoms with Gasteiger partial charge in [-0.3, -0.25) is 33.8 Å². The maximum atomic E-state index is 12.5. The lowest BCUT2D eigenvalue weighted by Gasteiger charge is -2.51. The number of rotatable bonds is 6. The first kappa shape index (κ1) is 30.3. The van der Waals surface area contributed by atoms with Gasteiger partial charge in [0.15, 0.2) is 11.6 Å². The number of esters is 2. The second kappa shape index (κ2) is 13.0. The first-order valence-electron chi connectivity index (χ1n) is 12.2. The van der Waals surface area contributed by atoms with E-state index in [0.717, 1.165) is 51.9 Å². The molecular weight excluding hydrogens is 496 g/mol. The number of hydrogen-bond donors (Lipinski definition) is 2. The van der Waals surface area contributed by atoms with Crippen molar-refractivity contribution in [2.45, 2.75) is 57.5 Å². The minimum Gasteiger partial charge on any atom is -0.463 e. The van der Waals surface area contributed by atoms with Crippen molar-refractivity contribution < 1.29 is 43.7 Å². The molecule has 0 aromatic rings. The van der Waals surface area contributed by atoms with Gasteiger partial charge in [0.2, 0.25) is 5.24 Å². The highest BCUT2D eigenvalue weighted by molar-refractivity contribution is 6.62. The van der Waals surface area contributed by atoms with Crippen molar-refractivity contribution in [3.8, 4) is 0 Å². The number of carbonyl (C=O) groups excluding carboxylic acids is 5. The van der Waals surface area contributed by atoms with E-state index in [1.165, 1.54) is 20.8 Å². The van der Waals surface area contributed by atoms with Crippen LogP contribution in [-0.2, 0) is 33.4 Å². The number of ketones is 2. The Bertz CT molecular complexity index is 807. The van der Waals surface area contributed by atoms with Crippen LogP contribution in [0.2, 0.25) is 0 Å². The van der Waals surface area contributed by atoms with Gasteiger partial charge in [-0.2, -0.15) is 0 Å². The molecule has 0 atom stereocenters. The van der Waals surface area contributed by atoms with Crippen molar-refractivity contribution in [2.75, 3.05) is 52.6 Å². The molecule has 0 aromatic heterocycles. The summed E-state index contributed by atoms with van der Waals surface area (Å²) >= 11 is 4.64. The minimum absolute atomic E-state index is 0.00360. The molecule has 6 heterocycles. The maximum Gasteiger partial charge on any atom is 0.302 e. The summed E-state index contributed by atoms with van der Waals surface area (Å²) in [5, 5.41) is 18.1. The average molecular weight is 533 g/mol. The number of Topliss-reactive ketones (excluding diaryl/α,β-unsaturated/α-hetero) is 2. The summed E-state index contributed by atoms with van der Waals surface area (Å²) in [6.07, 6.45) is 3.45. The fourth-order valence-corrected chi connectivity index (χ4v) is 5.43. The number of hydrogen-bond acceptors (Lipinski definition) is 11. The third kappa shape index (κ3) is 6.69. The molecule has 0 spiro atoms. The number of aliphatic hydroxyl groups excluding tert-OH is 2. The number of fused-ring (bicyclic) bond motifs is 6. The predicted octanol–water partition coefficient (Wildman–Crippen LogP) is -0.0777. The highest BCUT2D eigenvalue weighted by Crippen LogP contribution is 2.37. The molecule has 0 radical (unpaired) electrons. The first-order valence-corrected chi connectivity index (χ1v) is 12.5. The van der Waals surface area contributed by atoms with Gasteiger partial charge in [-0.1, -0.05) is 0 Å². The standard InChI is InChI=1S/C13H19NO5.C9H15NO3.C2H3ClO/c1-9(15)18-7-13(8-19-10(2)16)12(17)11-3-5-14(13)6-4-11;11-5-9(6-12)8(13)7-1-3-10(9)4-2-7;1-2(3)4/h11H,3-8H2,1-2H3;7,11-12H,1-6H2;1H3. The molecule has 204 valence electrons. The molecule has 6 saturated heterocycles. The van der Waals surface area contributed by atoms with Gasteiger partial charge >= 0.3 is 11.9 Å². The van der Waals surface area contributed by atoms with Crippen LogP contribution in [0.15, 0.2) is 0 Å². The fraction of sp³-hybridized carbons (Fsp3) is 0.792. The van der Waals surface area contributed by atoms with Crippen molar-refractivity contribution in [1.82, 2.24) is 9.80 Å². The highest BCUT2D eigenvalue weighted by atomic mass is 35.5. The van der Waals surface area contributed by atoms with Crippen LogP contribution in [-0.4, -0.2) is 112 Å². The number of ether oxygens (including phenoxy) is 2. The SMILES string of the molecule is CC(=O)Cl.CC(=O)OCC1(COC(C)=O)C(=O)C2CCN1CC2.O=C1C2CCN(CC2)C1(CO)CO. The Balaban J connectivity index is 0.000000232. The highest BCUT2D eigenvalue weighted by Gasteiger charge is 2.55. The molecule has 2 N–H and O–H groups in total. The molecule has 4 bridgehead atoms. The molecule has 0 aromatic carbocycles. The van der Waals surface area contributed by atoms with Crippen molar-refractivity contribution in [3.63, 3.8) is 0 Å². The molecule has 36 heavy (non-hydrogen) atoms. The van der Waals surface area contributed by atoms with Crippen LogP contribution in [0.5, 0.6) is 0 Å². The zero-order chi connectivity index (χ0) is 27.1. The summed E-state index contributed by atoms with van der Waals surface area (Å²) in [5.74, 6) is -0.724. The molecule has 0 unspecified atom stereocenters. The van der Waals surface area contributed by atoms with E-state index in [4.69, 9.17) is 9.47 Å². The Morgan fingerprint density at radius 2 is 1.08 bits per heavy atom. The quantitative estimate of drug-likeness (QED) is 0.349. The van der Waals surface area contributed by atoms with E-state index >= 15 is 0 Å². The van der Waals surface area contributed by atoms with Crippen LogP contribution in [0.3, 0.4) is 0 Å². The lowest BCUT2D eigenvalue weighted by Crippen LogP contribution is -2.69. The topological polar surface area (TPSA) is 151 Å². The van der Waals surface area contributed by atoms with Gasteiger partial charge in [0.25, 0.3) is 0 Å². The third-order valence-corrected chi connectivity index (χ3v) is 7.41. The van der Waals surface area contributed by atoms with E-state index in [-0.39, 0.29) is 55.1 Å². The fourth-order valence-electron chi connectivity index (χ4n) is 5.43. The molecule has 6 fully saturated rings. The molecule has 0 aliphatic carbocycles. The molecule has 6 aliphatic heterocycles. The molecule has 0 amide bonds. The van der Waals surface area contributed by atoms with Gasteiger partial charge in [-0.15, -0.1) is 0 Å².